The molecule has 11 heavy (non-hydrogen) atoms. The summed E-state index contributed by atoms with van der Waals surface area (Å²) in [6.07, 6.45) is 0. The van der Waals surface area contributed by atoms with Crippen LogP contribution in [0.5, 0.6) is 0 Å². The topological polar surface area (TPSA) is 38.9 Å². The number of rotatable bonds is 0. The van der Waals surface area contributed by atoms with Gasteiger partial charge in [-0.3, -0.25) is 0 Å². The molecule has 2 rings (SSSR count). The molecule has 2 nitrogen and oxygen atoms in total. The van der Waals surface area contributed by atoms with Crippen LogP contribution in [0.4, 0.5) is 5.69 Å². The van der Waals surface area contributed by atoms with Crippen LogP contribution in [0, 0.1) is 0 Å². The summed E-state index contributed by atoms with van der Waals surface area (Å²) >= 11 is 4.99. The first-order valence-electron chi connectivity index (χ1n) is 3.06. The van der Waals surface area contributed by atoms with Gasteiger partial charge in [-0.1, -0.05) is 0 Å². The van der Waals surface area contributed by atoms with E-state index in [2.05, 4.69) is 20.9 Å². The second-order valence-corrected chi connectivity index (χ2v) is 3.85. The smallest absolute Gasteiger partial charge is 0.0974 e. The molecule has 0 aliphatic heterocycles. The third-order valence-corrected chi connectivity index (χ3v) is 3.10. The SMILES string of the molecule is Nc1ccc2scnc2c1Br. The highest BCUT2D eigenvalue weighted by Crippen LogP contribution is 2.30. The minimum Gasteiger partial charge on any atom is -0.398 e. The number of hydrogen-bond acceptors (Lipinski definition) is 3. The molecular weight excluding hydrogens is 224 g/mol. The minimum atomic E-state index is 0.739. The largest absolute Gasteiger partial charge is 0.398 e. The Morgan fingerprint density at radius 2 is 2.27 bits per heavy atom. The number of aromatic nitrogens is 1. The Morgan fingerprint density at radius 3 is 3.09 bits per heavy atom. The van der Waals surface area contributed by atoms with Gasteiger partial charge in [0, 0.05) is 5.69 Å². The molecule has 0 saturated heterocycles. The van der Waals surface area contributed by atoms with Crippen LogP contribution < -0.4 is 5.73 Å². The van der Waals surface area contributed by atoms with Crippen molar-refractivity contribution in [3.8, 4) is 0 Å². The highest BCUT2D eigenvalue weighted by atomic mass is 79.9. The molecule has 0 bridgehead atoms. The van der Waals surface area contributed by atoms with E-state index in [0.717, 1.165) is 20.4 Å². The van der Waals surface area contributed by atoms with Gasteiger partial charge in [0.25, 0.3) is 0 Å². The van der Waals surface area contributed by atoms with Crippen LogP contribution in [-0.4, -0.2) is 4.98 Å². The van der Waals surface area contributed by atoms with Crippen LogP contribution in [0.25, 0.3) is 10.2 Å². The fraction of sp³-hybridized carbons (Fsp3) is 0. The highest BCUT2D eigenvalue weighted by molar-refractivity contribution is 9.10. The Labute approximate surface area is 76.2 Å². The van der Waals surface area contributed by atoms with Crippen molar-refractivity contribution in [3.05, 3.63) is 22.1 Å². The fourth-order valence-electron chi connectivity index (χ4n) is 0.914. The Kier molecular flexibility index (Phi) is 1.58. The molecule has 0 unspecified atom stereocenters. The van der Waals surface area contributed by atoms with E-state index in [4.69, 9.17) is 5.73 Å². The van der Waals surface area contributed by atoms with Crippen LogP contribution >= 0.6 is 27.3 Å². The van der Waals surface area contributed by atoms with Gasteiger partial charge in [0.15, 0.2) is 0 Å². The standard InChI is InChI=1S/C7H5BrN2S/c8-6-4(9)1-2-5-7(6)10-3-11-5/h1-3H,9H2. The number of anilines is 1. The molecule has 2 N–H and O–H groups in total. The predicted molar refractivity (Wildman–Crippen MR) is 51.7 cm³/mol. The quantitative estimate of drug-likeness (QED) is 0.705. The number of halogens is 1. The zero-order valence-corrected chi connectivity index (χ0v) is 7.95. The summed E-state index contributed by atoms with van der Waals surface area (Å²) in [6.45, 7) is 0. The van der Waals surface area contributed by atoms with Gasteiger partial charge in [0.1, 0.15) is 0 Å². The first kappa shape index (κ1) is 7.06. The van der Waals surface area contributed by atoms with Crippen LogP contribution in [0.15, 0.2) is 22.1 Å². The van der Waals surface area contributed by atoms with Gasteiger partial charge < -0.3 is 5.73 Å². The van der Waals surface area contributed by atoms with Crippen LogP contribution in [0.3, 0.4) is 0 Å². The fourth-order valence-corrected chi connectivity index (χ4v) is 2.18. The van der Waals surface area contributed by atoms with Crippen molar-refractivity contribution in [2.24, 2.45) is 0 Å². The number of benzene rings is 1. The van der Waals surface area contributed by atoms with E-state index in [1.165, 1.54) is 0 Å². The number of hydrogen-bond donors (Lipinski definition) is 1. The van der Waals surface area contributed by atoms with Crippen molar-refractivity contribution in [1.29, 1.82) is 0 Å². The predicted octanol–water partition coefficient (Wildman–Crippen LogP) is 2.64. The van der Waals surface area contributed by atoms with E-state index < -0.39 is 0 Å². The van der Waals surface area contributed by atoms with Crippen molar-refractivity contribution in [1.82, 2.24) is 4.98 Å². The van der Waals surface area contributed by atoms with Crippen LogP contribution in [0.1, 0.15) is 0 Å². The average Bonchev–Trinajstić information content (AvgIpc) is 2.45. The molecule has 2 aromatic rings. The van der Waals surface area contributed by atoms with Gasteiger partial charge in [-0.25, -0.2) is 4.98 Å². The van der Waals surface area contributed by atoms with Crippen LogP contribution in [-0.2, 0) is 0 Å². The Bertz CT molecular complexity index is 396. The highest BCUT2D eigenvalue weighted by Gasteiger charge is 2.03. The minimum absolute atomic E-state index is 0.739. The van der Waals surface area contributed by atoms with Gasteiger partial charge in [-0.2, -0.15) is 0 Å². The Hall–Kier alpha value is -0.610. The summed E-state index contributed by atoms with van der Waals surface area (Å²) in [5.74, 6) is 0. The lowest BCUT2D eigenvalue weighted by molar-refractivity contribution is 1.48. The zero-order chi connectivity index (χ0) is 7.84. The van der Waals surface area contributed by atoms with E-state index in [1.54, 1.807) is 11.3 Å². The first-order chi connectivity index (χ1) is 5.29. The van der Waals surface area contributed by atoms with E-state index in [1.807, 2.05) is 17.6 Å². The van der Waals surface area contributed by atoms with E-state index in [9.17, 15) is 0 Å². The molecule has 0 aliphatic rings. The van der Waals surface area contributed by atoms with E-state index in [-0.39, 0.29) is 0 Å². The molecule has 1 aromatic heterocycles. The van der Waals surface area contributed by atoms with Gasteiger partial charge >= 0.3 is 0 Å². The summed E-state index contributed by atoms with van der Waals surface area (Å²) in [7, 11) is 0. The monoisotopic (exact) mass is 228 g/mol. The number of nitrogens with two attached hydrogens (primary N) is 1. The number of fused-ring (bicyclic) bond motifs is 1. The van der Waals surface area contributed by atoms with Crippen molar-refractivity contribution in [2.45, 2.75) is 0 Å². The maximum Gasteiger partial charge on any atom is 0.0974 e. The van der Waals surface area contributed by atoms with Gasteiger partial charge in [-0.05, 0) is 28.1 Å². The maximum absolute atomic E-state index is 5.66. The summed E-state index contributed by atoms with van der Waals surface area (Å²) in [5, 5.41) is 0. The third-order valence-electron chi connectivity index (χ3n) is 1.47. The molecule has 0 aliphatic carbocycles. The number of nitrogens with zero attached hydrogens (tertiary/aromatic N) is 1. The van der Waals surface area contributed by atoms with E-state index in [0.29, 0.717) is 0 Å². The molecule has 0 saturated carbocycles. The van der Waals surface area contributed by atoms with Gasteiger partial charge in [0.2, 0.25) is 0 Å². The van der Waals surface area contributed by atoms with Gasteiger partial charge in [0.05, 0.1) is 20.2 Å². The lowest BCUT2D eigenvalue weighted by Gasteiger charge is -1.96. The van der Waals surface area contributed by atoms with Crippen molar-refractivity contribution in [3.63, 3.8) is 0 Å². The lowest BCUT2D eigenvalue weighted by atomic mass is 10.3. The maximum atomic E-state index is 5.66. The Morgan fingerprint density at radius 1 is 1.45 bits per heavy atom. The lowest BCUT2D eigenvalue weighted by Crippen LogP contribution is -1.85. The normalized spacial score (nSPS) is 10.6. The second kappa shape index (κ2) is 2.46. The third kappa shape index (κ3) is 1.02. The first-order valence-corrected chi connectivity index (χ1v) is 4.73. The van der Waals surface area contributed by atoms with Crippen molar-refractivity contribution in [2.75, 3.05) is 5.73 Å². The molecule has 56 valence electrons. The van der Waals surface area contributed by atoms with Crippen molar-refractivity contribution >= 4 is 43.2 Å². The van der Waals surface area contributed by atoms with Crippen LogP contribution in [0.2, 0.25) is 0 Å². The van der Waals surface area contributed by atoms with Gasteiger partial charge in [-0.15, -0.1) is 11.3 Å². The number of thiazole rings is 1. The summed E-state index contributed by atoms with van der Waals surface area (Å²) < 4.78 is 2.06. The average molecular weight is 229 g/mol. The summed E-state index contributed by atoms with van der Waals surface area (Å²) in [6, 6.07) is 3.86. The molecule has 0 fully saturated rings. The molecule has 0 amide bonds. The van der Waals surface area contributed by atoms with E-state index >= 15 is 0 Å². The number of nitrogen functional groups attached to an aromatic ring is 1. The molecule has 4 heteroatoms. The molecule has 1 heterocycles. The molecule has 0 spiro atoms. The summed E-state index contributed by atoms with van der Waals surface area (Å²) in [4.78, 5) is 4.17. The Balaban J connectivity index is 2.93. The molecule has 0 radical (unpaired) electrons. The summed E-state index contributed by atoms with van der Waals surface area (Å²) in [5.41, 5.74) is 9.17. The second-order valence-electron chi connectivity index (χ2n) is 2.17. The molecular formula is C7H5BrN2S. The molecule has 0 atom stereocenters. The van der Waals surface area contributed by atoms with Crippen molar-refractivity contribution < 1.29 is 0 Å². The molecule has 1 aromatic carbocycles. The zero-order valence-electron chi connectivity index (χ0n) is 5.54.